The standard InChI is InChI=1S/C15H15N5/c1-2-10-14(16)18-9-19-15(10)20-13-7-3-6-12-11(13)5-4-8-17-12/h3-9H,2H2,1H3,(H3,16,18,19,20). The first-order valence-corrected chi connectivity index (χ1v) is 6.49. The van der Waals surface area contributed by atoms with Crippen LogP contribution in [0, 0.1) is 0 Å². The number of nitrogens with zero attached hydrogens (tertiary/aromatic N) is 3. The van der Waals surface area contributed by atoms with Crippen molar-refractivity contribution in [2.45, 2.75) is 13.3 Å². The number of benzene rings is 1. The van der Waals surface area contributed by atoms with Crippen molar-refractivity contribution in [1.29, 1.82) is 0 Å². The molecule has 0 bridgehead atoms. The van der Waals surface area contributed by atoms with E-state index in [0.29, 0.717) is 5.82 Å². The molecule has 0 spiro atoms. The molecule has 2 aromatic heterocycles. The van der Waals surface area contributed by atoms with Crippen LogP contribution in [0.3, 0.4) is 0 Å². The van der Waals surface area contributed by atoms with Crippen molar-refractivity contribution in [2.75, 3.05) is 11.1 Å². The SMILES string of the molecule is CCc1c(N)ncnc1Nc1cccc2ncccc12. The molecular weight excluding hydrogens is 250 g/mol. The summed E-state index contributed by atoms with van der Waals surface area (Å²) in [6.07, 6.45) is 4.03. The Hall–Kier alpha value is -2.69. The topological polar surface area (TPSA) is 76.7 Å². The molecular formula is C15H15N5. The molecule has 0 aliphatic rings. The van der Waals surface area contributed by atoms with E-state index in [-0.39, 0.29) is 0 Å². The molecule has 5 nitrogen and oxygen atoms in total. The smallest absolute Gasteiger partial charge is 0.139 e. The number of nitrogen functional groups attached to an aromatic ring is 1. The number of nitrogens with two attached hydrogens (primary N) is 1. The second-order valence-corrected chi connectivity index (χ2v) is 4.44. The Morgan fingerprint density at radius 3 is 2.85 bits per heavy atom. The predicted molar refractivity (Wildman–Crippen MR) is 80.8 cm³/mol. The molecule has 3 rings (SSSR count). The Morgan fingerprint density at radius 2 is 2.00 bits per heavy atom. The number of nitrogens with one attached hydrogen (secondary N) is 1. The minimum atomic E-state index is 0.517. The van der Waals surface area contributed by atoms with Crippen LogP contribution >= 0.6 is 0 Å². The Labute approximate surface area is 116 Å². The van der Waals surface area contributed by atoms with E-state index in [4.69, 9.17) is 5.73 Å². The minimum absolute atomic E-state index is 0.517. The largest absolute Gasteiger partial charge is 0.383 e. The van der Waals surface area contributed by atoms with Crippen molar-refractivity contribution in [2.24, 2.45) is 0 Å². The van der Waals surface area contributed by atoms with E-state index in [9.17, 15) is 0 Å². The molecule has 3 aromatic rings. The molecule has 0 aliphatic carbocycles. The summed E-state index contributed by atoms with van der Waals surface area (Å²) in [6, 6.07) is 9.90. The Kier molecular flexibility index (Phi) is 3.16. The quantitative estimate of drug-likeness (QED) is 0.761. The second-order valence-electron chi connectivity index (χ2n) is 4.44. The van der Waals surface area contributed by atoms with Gasteiger partial charge in [0.1, 0.15) is 18.0 Å². The van der Waals surface area contributed by atoms with Crippen molar-refractivity contribution >= 4 is 28.2 Å². The molecule has 3 N–H and O–H groups in total. The maximum atomic E-state index is 5.89. The fraction of sp³-hybridized carbons (Fsp3) is 0.133. The van der Waals surface area contributed by atoms with Gasteiger partial charge in [0.25, 0.3) is 0 Å². The molecule has 2 heterocycles. The summed E-state index contributed by atoms with van der Waals surface area (Å²) in [5.41, 5.74) is 8.72. The van der Waals surface area contributed by atoms with Crippen LogP contribution in [-0.2, 0) is 6.42 Å². The van der Waals surface area contributed by atoms with Gasteiger partial charge in [0, 0.05) is 22.8 Å². The zero-order valence-electron chi connectivity index (χ0n) is 11.2. The van der Waals surface area contributed by atoms with Gasteiger partial charge in [-0.1, -0.05) is 13.0 Å². The van der Waals surface area contributed by atoms with Crippen LogP contribution in [0.15, 0.2) is 42.9 Å². The van der Waals surface area contributed by atoms with E-state index in [1.165, 1.54) is 6.33 Å². The predicted octanol–water partition coefficient (Wildman–Crippen LogP) is 2.91. The van der Waals surface area contributed by atoms with Crippen molar-refractivity contribution < 1.29 is 0 Å². The fourth-order valence-electron chi connectivity index (χ4n) is 2.22. The van der Waals surface area contributed by atoms with Gasteiger partial charge in [0.05, 0.1) is 5.52 Å². The van der Waals surface area contributed by atoms with E-state index in [0.717, 1.165) is 34.4 Å². The number of hydrogen-bond donors (Lipinski definition) is 2. The zero-order valence-corrected chi connectivity index (χ0v) is 11.2. The number of fused-ring (bicyclic) bond motifs is 1. The monoisotopic (exact) mass is 265 g/mol. The van der Waals surface area contributed by atoms with Gasteiger partial charge in [-0.05, 0) is 30.7 Å². The first-order valence-electron chi connectivity index (χ1n) is 6.49. The van der Waals surface area contributed by atoms with Crippen LogP contribution in [-0.4, -0.2) is 15.0 Å². The van der Waals surface area contributed by atoms with Gasteiger partial charge in [-0.2, -0.15) is 0 Å². The normalized spacial score (nSPS) is 10.7. The number of aromatic nitrogens is 3. The average Bonchev–Trinajstić information content (AvgIpc) is 2.48. The van der Waals surface area contributed by atoms with Gasteiger partial charge >= 0.3 is 0 Å². The molecule has 5 heteroatoms. The van der Waals surface area contributed by atoms with Crippen LogP contribution in [0.4, 0.5) is 17.3 Å². The molecule has 0 unspecified atom stereocenters. The summed E-state index contributed by atoms with van der Waals surface area (Å²) in [5.74, 6) is 1.26. The molecule has 20 heavy (non-hydrogen) atoms. The van der Waals surface area contributed by atoms with Crippen molar-refractivity contribution in [3.05, 3.63) is 48.4 Å². The maximum Gasteiger partial charge on any atom is 0.139 e. The lowest BCUT2D eigenvalue weighted by Crippen LogP contribution is -2.04. The van der Waals surface area contributed by atoms with Gasteiger partial charge in [0.15, 0.2) is 0 Å². The van der Waals surface area contributed by atoms with Crippen LogP contribution < -0.4 is 11.1 Å². The molecule has 1 aromatic carbocycles. The summed E-state index contributed by atoms with van der Waals surface area (Å²) in [5, 5.41) is 4.39. The number of hydrogen-bond acceptors (Lipinski definition) is 5. The van der Waals surface area contributed by atoms with E-state index >= 15 is 0 Å². The van der Waals surface area contributed by atoms with Gasteiger partial charge in [-0.3, -0.25) is 4.98 Å². The summed E-state index contributed by atoms with van der Waals surface area (Å²) in [6.45, 7) is 2.03. The molecule has 0 fully saturated rings. The third kappa shape index (κ3) is 2.14. The van der Waals surface area contributed by atoms with E-state index in [1.54, 1.807) is 6.20 Å². The van der Waals surface area contributed by atoms with Crippen LogP contribution in [0.5, 0.6) is 0 Å². The Morgan fingerprint density at radius 1 is 1.10 bits per heavy atom. The van der Waals surface area contributed by atoms with Gasteiger partial charge in [0.2, 0.25) is 0 Å². The molecule has 0 atom stereocenters. The van der Waals surface area contributed by atoms with Crippen molar-refractivity contribution in [1.82, 2.24) is 15.0 Å². The third-order valence-corrected chi connectivity index (χ3v) is 3.23. The Bertz CT molecular complexity index is 749. The van der Waals surface area contributed by atoms with Crippen LogP contribution in [0.1, 0.15) is 12.5 Å². The zero-order chi connectivity index (χ0) is 13.9. The highest BCUT2D eigenvalue weighted by atomic mass is 15.0. The molecule has 0 radical (unpaired) electrons. The number of pyridine rings is 1. The van der Waals surface area contributed by atoms with Crippen molar-refractivity contribution in [3.63, 3.8) is 0 Å². The van der Waals surface area contributed by atoms with E-state index in [1.807, 2.05) is 37.3 Å². The molecule has 100 valence electrons. The third-order valence-electron chi connectivity index (χ3n) is 3.23. The van der Waals surface area contributed by atoms with E-state index < -0.39 is 0 Å². The summed E-state index contributed by atoms with van der Waals surface area (Å²) >= 11 is 0. The van der Waals surface area contributed by atoms with Gasteiger partial charge in [-0.25, -0.2) is 9.97 Å². The highest BCUT2D eigenvalue weighted by Crippen LogP contribution is 2.27. The molecule has 0 aliphatic heterocycles. The highest BCUT2D eigenvalue weighted by molar-refractivity contribution is 5.93. The first kappa shape index (κ1) is 12.3. The fourth-order valence-corrected chi connectivity index (χ4v) is 2.22. The number of anilines is 3. The van der Waals surface area contributed by atoms with Crippen LogP contribution in [0.25, 0.3) is 10.9 Å². The van der Waals surface area contributed by atoms with Crippen molar-refractivity contribution in [3.8, 4) is 0 Å². The summed E-state index contributed by atoms with van der Waals surface area (Å²) < 4.78 is 0. The first-order chi connectivity index (χ1) is 9.79. The molecule has 0 amide bonds. The Balaban J connectivity index is 2.08. The molecule has 0 saturated heterocycles. The highest BCUT2D eigenvalue weighted by Gasteiger charge is 2.09. The summed E-state index contributed by atoms with van der Waals surface area (Å²) in [4.78, 5) is 12.7. The van der Waals surface area contributed by atoms with Gasteiger partial charge in [-0.15, -0.1) is 0 Å². The van der Waals surface area contributed by atoms with E-state index in [2.05, 4.69) is 20.3 Å². The lowest BCUT2D eigenvalue weighted by molar-refractivity contribution is 1.06. The summed E-state index contributed by atoms with van der Waals surface area (Å²) in [7, 11) is 0. The average molecular weight is 265 g/mol. The van der Waals surface area contributed by atoms with Gasteiger partial charge < -0.3 is 11.1 Å². The number of rotatable bonds is 3. The van der Waals surface area contributed by atoms with Crippen LogP contribution in [0.2, 0.25) is 0 Å². The minimum Gasteiger partial charge on any atom is -0.383 e. The lowest BCUT2D eigenvalue weighted by Gasteiger charge is -2.12. The lowest BCUT2D eigenvalue weighted by atomic mass is 10.1. The molecule has 0 saturated carbocycles. The second kappa shape index (κ2) is 5.13. The maximum absolute atomic E-state index is 5.89.